The van der Waals surface area contributed by atoms with Crippen molar-refractivity contribution in [2.75, 3.05) is 0 Å². The molecule has 0 atom stereocenters. The van der Waals surface area contributed by atoms with Crippen molar-refractivity contribution in [3.8, 4) is 0 Å². The Balaban J connectivity index is 2.28. The number of carbonyl (C=O) groups is 1. The molecule has 0 fully saturated rings. The summed E-state index contributed by atoms with van der Waals surface area (Å²) in [7, 11) is 0. The summed E-state index contributed by atoms with van der Waals surface area (Å²) in [5, 5.41) is 0. The Hall–Kier alpha value is -2.31. The van der Waals surface area contributed by atoms with Crippen molar-refractivity contribution in [3.05, 3.63) is 64.3 Å². The molecule has 0 saturated heterocycles. The van der Waals surface area contributed by atoms with Crippen molar-refractivity contribution >= 4 is 11.9 Å². The van der Waals surface area contributed by atoms with Crippen LogP contribution < -0.4 is 0 Å². The van der Waals surface area contributed by atoms with E-state index in [1.807, 2.05) is 6.92 Å². The van der Waals surface area contributed by atoms with Crippen molar-refractivity contribution in [2.45, 2.75) is 52.4 Å². The maximum absolute atomic E-state index is 12.9. The van der Waals surface area contributed by atoms with E-state index in [1.54, 1.807) is 6.08 Å². The number of halogens is 6. The molecule has 158 valence electrons. The highest BCUT2D eigenvalue weighted by Gasteiger charge is 2.36. The van der Waals surface area contributed by atoms with Crippen LogP contribution in [-0.4, -0.2) is 5.78 Å². The standard InChI is InChI=1S/C22H22F6O/c1-14-5-4-10-20(2,3)19(14)9-8-18(29)7-6-15-11-16(21(23,24)25)13-17(12-15)22(26,27)28/h6-9,11-13H,4-5,10H2,1-3H3/b7-6+,9-8+. The monoisotopic (exact) mass is 416 g/mol. The van der Waals surface area contributed by atoms with Gasteiger partial charge >= 0.3 is 12.4 Å². The molecule has 0 amide bonds. The topological polar surface area (TPSA) is 17.1 Å². The largest absolute Gasteiger partial charge is 0.416 e. The fourth-order valence-electron chi connectivity index (χ4n) is 3.48. The predicted octanol–water partition coefficient (Wildman–Crippen LogP) is 7.39. The first-order valence-corrected chi connectivity index (χ1v) is 9.10. The summed E-state index contributed by atoms with van der Waals surface area (Å²) in [6.45, 7) is 6.12. The highest BCUT2D eigenvalue weighted by atomic mass is 19.4. The molecule has 1 aliphatic carbocycles. The highest BCUT2D eigenvalue weighted by molar-refractivity contribution is 6.02. The molecular weight excluding hydrogens is 394 g/mol. The number of ketones is 1. The summed E-state index contributed by atoms with van der Waals surface area (Å²) in [6, 6.07) is 1.22. The fourth-order valence-corrected chi connectivity index (χ4v) is 3.48. The smallest absolute Gasteiger partial charge is 0.290 e. The lowest BCUT2D eigenvalue weighted by molar-refractivity contribution is -0.143. The molecule has 1 aromatic rings. The zero-order valence-corrected chi connectivity index (χ0v) is 16.3. The molecule has 7 heteroatoms. The van der Waals surface area contributed by atoms with Crippen molar-refractivity contribution < 1.29 is 31.1 Å². The van der Waals surface area contributed by atoms with Gasteiger partial charge in [-0.15, -0.1) is 0 Å². The Kier molecular flexibility index (Phi) is 6.50. The zero-order chi connectivity index (χ0) is 22.0. The minimum absolute atomic E-state index is 0.0550. The summed E-state index contributed by atoms with van der Waals surface area (Å²) < 4.78 is 77.4. The molecule has 1 aromatic carbocycles. The minimum Gasteiger partial charge on any atom is -0.290 e. The second kappa shape index (κ2) is 8.20. The van der Waals surface area contributed by atoms with Crippen LogP contribution in [0, 0.1) is 5.41 Å². The summed E-state index contributed by atoms with van der Waals surface area (Å²) in [4.78, 5) is 12.1. The molecular formula is C22H22F6O. The van der Waals surface area contributed by atoms with Gasteiger partial charge in [-0.25, -0.2) is 0 Å². The Bertz CT molecular complexity index is 834. The Morgan fingerprint density at radius 2 is 1.45 bits per heavy atom. The number of hydrogen-bond acceptors (Lipinski definition) is 1. The van der Waals surface area contributed by atoms with E-state index in [9.17, 15) is 31.1 Å². The number of carbonyl (C=O) groups excluding carboxylic acids is 1. The van der Waals surface area contributed by atoms with E-state index in [2.05, 4.69) is 13.8 Å². The van der Waals surface area contributed by atoms with Gasteiger partial charge in [-0.05, 0) is 73.1 Å². The SMILES string of the molecule is CC1=C(/C=C/C(=O)/C=C/c2cc(C(F)(F)F)cc(C(F)(F)F)c2)C(C)(C)CCC1. The van der Waals surface area contributed by atoms with Gasteiger partial charge in [0.2, 0.25) is 0 Å². The van der Waals surface area contributed by atoms with Crippen LogP contribution in [0.3, 0.4) is 0 Å². The maximum Gasteiger partial charge on any atom is 0.416 e. The number of benzene rings is 1. The number of rotatable bonds is 4. The summed E-state index contributed by atoms with van der Waals surface area (Å²) in [6.07, 6.45) is -1.98. The summed E-state index contributed by atoms with van der Waals surface area (Å²) in [5.41, 5.74) is -1.07. The average molecular weight is 416 g/mol. The van der Waals surface area contributed by atoms with Gasteiger partial charge in [-0.3, -0.25) is 4.79 Å². The third-order valence-electron chi connectivity index (χ3n) is 5.01. The molecule has 1 nitrogen and oxygen atoms in total. The molecule has 0 spiro atoms. The van der Waals surface area contributed by atoms with E-state index in [0.29, 0.717) is 12.1 Å². The maximum atomic E-state index is 12.9. The Morgan fingerprint density at radius 1 is 0.931 bits per heavy atom. The molecule has 0 bridgehead atoms. The van der Waals surface area contributed by atoms with Crippen LogP contribution >= 0.6 is 0 Å². The molecule has 0 aliphatic heterocycles. The molecule has 0 unspecified atom stereocenters. The van der Waals surface area contributed by atoms with Crippen LogP contribution in [0.1, 0.15) is 56.7 Å². The normalized spacial score (nSPS) is 18.1. The lowest BCUT2D eigenvalue weighted by Crippen LogP contribution is -2.19. The quantitative estimate of drug-likeness (QED) is 0.369. The van der Waals surface area contributed by atoms with Crippen LogP contribution in [0.2, 0.25) is 0 Å². The third kappa shape index (κ3) is 6.08. The van der Waals surface area contributed by atoms with E-state index in [1.165, 1.54) is 11.6 Å². The first kappa shape index (κ1) is 23.0. The molecule has 0 saturated carbocycles. The van der Waals surface area contributed by atoms with Crippen molar-refractivity contribution in [2.24, 2.45) is 5.41 Å². The first-order chi connectivity index (χ1) is 13.2. The van der Waals surface area contributed by atoms with E-state index in [4.69, 9.17) is 0 Å². The highest BCUT2D eigenvalue weighted by Crippen LogP contribution is 2.40. The van der Waals surface area contributed by atoms with E-state index >= 15 is 0 Å². The van der Waals surface area contributed by atoms with Gasteiger partial charge in [0.1, 0.15) is 0 Å². The van der Waals surface area contributed by atoms with Gasteiger partial charge < -0.3 is 0 Å². The number of hydrogen-bond donors (Lipinski definition) is 0. The van der Waals surface area contributed by atoms with Crippen LogP contribution in [0.15, 0.2) is 47.6 Å². The lowest BCUT2D eigenvalue weighted by atomic mass is 9.72. The van der Waals surface area contributed by atoms with Gasteiger partial charge in [-0.2, -0.15) is 26.3 Å². The molecule has 0 aromatic heterocycles. The van der Waals surface area contributed by atoms with Gasteiger partial charge in [0, 0.05) is 0 Å². The van der Waals surface area contributed by atoms with E-state index < -0.39 is 29.3 Å². The molecule has 2 rings (SSSR count). The fraction of sp³-hybridized carbons (Fsp3) is 0.409. The van der Waals surface area contributed by atoms with Gasteiger partial charge in [0.25, 0.3) is 0 Å². The minimum atomic E-state index is -4.93. The van der Waals surface area contributed by atoms with Crippen LogP contribution in [0.25, 0.3) is 6.08 Å². The van der Waals surface area contributed by atoms with Gasteiger partial charge in [-0.1, -0.05) is 31.6 Å². The first-order valence-electron chi connectivity index (χ1n) is 9.10. The molecule has 0 heterocycles. The number of allylic oxidation sites excluding steroid dienone is 5. The second-order valence-corrected chi connectivity index (χ2v) is 7.84. The second-order valence-electron chi connectivity index (χ2n) is 7.84. The van der Waals surface area contributed by atoms with Gasteiger partial charge in [0.05, 0.1) is 11.1 Å². The predicted molar refractivity (Wildman–Crippen MR) is 100.0 cm³/mol. The molecule has 0 N–H and O–H groups in total. The lowest BCUT2D eigenvalue weighted by Gasteiger charge is -2.32. The van der Waals surface area contributed by atoms with E-state index in [-0.39, 0.29) is 17.0 Å². The van der Waals surface area contributed by atoms with Crippen LogP contribution in [0.5, 0.6) is 0 Å². The van der Waals surface area contributed by atoms with Gasteiger partial charge in [0.15, 0.2) is 5.78 Å². The summed E-state index contributed by atoms with van der Waals surface area (Å²) in [5.74, 6) is -0.516. The van der Waals surface area contributed by atoms with Crippen molar-refractivity contribution in [1.29, 1.82) is 0 Å². The number of alkyl halides is 6. The van der Waals surface area contributed by atoms with Crippen LogP contribution in [-0.2, 0) is 17.1 Å². The Morgan fingerprint density at radius 3 is 1.93 bits per heavy atom. The van der Waals surface area contributed by atoms with Crippen LogP contribution in [0.4, 0.5) is 26.3 Å². The zero-order valence-electron chi connectivity index (χ0n) is 16.3. The Labute approximate surface area is 165 Å². The summed E-state index contributed by atoms with van der Waals surface area (Å²) >= 11 is 0. The molecule has 0 radical (unpaired) electrons. The third-order valence-corrected chi connectivity index (χ3v) is 5.01. The van der Waals surface area contributed by atoms with Crippen molar-refractivity contribution in [1.82, 2.24) is 0 Å². The molecule has 29 heavy (non-hydrogen) atoms. The molecule has 1 aliphatic rings. The van der Waals surface area contributed by atoms with E-state index in [0.717, 1.165) is 37.0 Å². The average Bonchev–Trinajstić information content (AvgIpc) is 2.57. The van der Waals surface area contributed by atoms with Crippen molar-refractivity contribution in [3.63, 3.8) is 0 Å².